The average Bonchev–Trinajstić information content (AvgIpc) is 2.65. The van der Waals surface area contributed by atoms with Gasteiger partial charge in [0.1, 0.15) is 6.61 Å². The minimum absolute atomic E-state index is 0.370. The highest BCUT2D eigenvalue weighted by Gasteiger charge is 2.08. The minimum Gasteiger partial charge on any atom is -0.493 e. The molecule has 0 aromatic heterocycles. The number of methoxy groups -OCH3 is 1. The molecule has 140 valence electrons. The molecule has 0 amide bonds. The lowest BCUT2D eigenvalue weighted by atomic mass is 10.2. The number of halogens is 3. The van der Waals surface area contributed by atoms with Crippen LogP contribution in [0.3, 0.4) is 0 Å². The predicted octanol–water partition coefficient (Wildman–Crippen LogP) is 6.85. The van der Waals surface area contributed by atoms with E-state index < -0.39 is 0 Å². The Morgan fingerprint density at radius 2 is 1.59 bits per heavy atom. The zero-order chi connectivity index (χ0) is 19.2. The molecule has 27 heavy (non-hydrogen) atoms. The van der Waals surface area contributed by atoms with Crippen molar-refractivity contribution in [2.45, 2.75) is 13.2 Å². The van der Waals surface area contributed by atoms with Gasteiger partial charge in [0, 0.05) is 32.9 Å². The molecule has 6 heteroatoms. The molecule has 0 saturated carbocycles. The molecule has 3 aromatic carbocycles. The maximum absolute atomic E-state index is 6.17. The molecule has 0 radical (unpaired) electrons. The van der Waals surface area contributed by atoms with Crippen molar-refractivity contribution in [2.75, 3.05) is 12.4 Å². The summed E-state index contributed by atoms with van der Waals surface area (Å²) in [4.78, 5) is 0. The van der Waals surface area contributed by atoms with Crippen molar-refractivity contribution in [3.05, 3.63) is 86.9 Å². The third-order valence-corrected chi connectivity index (χ3v) is 4.73. The van der Waals surface area contributed by atoms with Crippen molar-refractivity contribution in [1.82, 2.24) is 0 Å². The van der Waals surface area contributed by atoms with Gasteiger partial charge in [-0.25, -0.2) is 0 Å². The van der Waals surface area contributed by atoms with Crippen molar-refractivity contribution in [3.8, 4) is 11.5 Å². The summed E-state index contributed by atoms with van der Waals surface area (Å²) in [6, 6.07) is 18.7. The van der Waals surface area contributed by atoms with Crippen molar-refractivity contribution >= 4 is 40.5 Å². The second-order valence-electron chi connectivity index (χ2n) is 5.88. The van der Waals surface area contributed by atoms with Crippen LogP contribution in [0.25, 0.3) is 0 Å². The van der Waals surface area contributed by atoms with Gasteiger partial charge in [0.15, 0.2) is 11.5 Å². The molecule has 0 aliphatic carbocycles. The summed E-state index contributed by atoms with van der Waals surface area (Å²) in [5.74, 6) is 1.32. The number of anilines is 1. The molecule has 0 saturated heterocycles. The molecular weight excluding hydrogens is 405 g/mol. The summed E-state index contributed by atoms with van der Waals surface area (Å²) in [5.41, 5.74) is 2.81. The van der Waals surface area contributed by atoms with E-state index in [0.717, 1.165) is 16.8 Å². The summed E-state index contributed by atoms with van der Waals surface area (Å²) in [6.07, 6.45) is 0. The molecule has 0 aliphatic rings. The number of benzene rings is 3. The molecule has 3 aromatic rings. The highest BCUT2D eigenvalue weighted by Crippen LogP contribution is 2.30. The van der Waals surface area contributed by atoms with Gasteiger partial charge in [-0.05, 0) is 42.0 Å². The predicted molar refractivity (Wildman–Crippen MR) is 113 cm³/mol. The van der Waals surface area contributed by atoms with Gasteiger partial charge in [-0.2, -0.15) is 0 Å². The standard InChI is InChI=1S/C21H18Cl3NO2/c1-26-21-8-14(12-25-18-10-16(22)9-17(23)11-18)6-7-20(21)27-13-15-4-2-3-5-19(15)24/h2-11,25H,12-13H2,1H3. The van der Waals surface area contributed by atoms with Crippen LogP contribution in [0.4, 0.5) is 5.69 Å². The van der Waals surface area contributed by atoms with Crippen LogP contribution < -0.4 is 14.8 Å². The van der Waals surface area contributed by atoms with E-state index in [9.17, 15) is 0 Å². The molecule has 0 fully saturated rings. The summed E-state index contributed by atoms with van der Waals surface area (Å²) < 4.78 is 11.3. The van der Waals surface area contributed by atoms with E-state index >= 15 is 0 Å². The van der Waals surface area contributed by atoms with Crippen LogP contribution in [0.1, 0.15) is 11.1 Å². The molecule has 0 spiro atoms. The Hall–Kier alpha value is -2.07. The van der Waals surface area contributed by atoms with Crippen LogP contribution in [0.2, 0.25) is 15.1 Å². The van der Waals surface area contributed by atoms with Gasteiger partial charge in [-0.3, -0.25) is 0 Å². The van der Waals surface area contributed by atoms with Crippen LogP contribution in [0, 0.1) is 0 Å². The van der Waals surface area contributed by atoms with E-state index in [0.29, 0.717) is 39.7 Å². The van der Waals surface area contributed by atoms with Crippen LogP contribution in [-0.4, -0.2) is 7.11 Å². The molecular formula is C21H18Cl3NO2. The smallest absolute Gasteiger partial charge is 0.161 e. The average molecular weight is 423 g/mol. The quantitative estimate of drug-likeness (QED) is 0.452. The molecule has 1 N–H and O–H groups in total. The normalized spacial score (nSPS) is 10.5. The van der Waals surface area contributed by atoms with Crippen molar-refractivity contribution in [1.29, 1.82) is 0 Å². The number of hydrogen-bond donors (Lipinski definition) is 1. The lowest BCUT2D eigenvalue weighted by Crippen LogP contribution is -2.02. The maximum atomic E-state index is 6.17. The molecule has 3 nitrogen and oxygen atoms in total. The summed E-state index contributed by atoms with van der Waals surface area (Å²) in [6.45, 7) is 0.965. The number of hydrogen-bond acceptors (Lipinski definition) is 3. The maximum Gasteiger partial charge on any atom is 0.161 e. The zero-order valence-corrected chi connectivity index (χ0v) is 16.9. The number of ether oxygens (including phenoxy) is 2. The second-order valence-corrected chi connectivity index (χ2v) is 7.16. The van der Waals surface area contributed by atoms with Gasteiger partial charge in [0.25, 0.3) is 0 Å². The number of rotatable bonds is 7. The Morgan fingerprint density at radius 3 is 2.30 bits per heavy atom. The van der Waals surface area contributed by atoms with E-state index in [2.05, 4.69) is 5.32 Å². The van der Waals surface area contributed by atoms with E-state index in [1.54, 1.807) is 13.2 Å². The van der Waals surface area contributed by atoms with Gasteiger partial charge >= 0.3 is 0 Å². The highest BCUT2D eigenvalue weighted by atomic mass is 35.5. The van der Waals surface area contributed by atoms with Gasteiger partial charge < -0.3 is 14.8 Å². The first-order valence-electron chi connectivity index (χ1n) is 8.28. The Morgan fingerprint density at radius 1 is 0.852 bits per heavy atom. The molecule has 0 atom stereocenters. The summed E-state index contributed by atoms with van der Waals surface area (Å²) in [5, 5.41) is 5.15. The van der Waals surface area contributed by atoms with Crippen molar-refractivity contribution in [3.63, 3.8) is 0 Å². The first-order chi connectivity index (χ1) is 13.0. The second kappa shape index (κ2) is 9.23. The molecule has 0 aliphatic heterocycles. The van der Waals surface area contributed by atoms with E-state index in [1.165, 1.54) is 0 Å². The first kappa shape index (κ1) is 19.7. The zero-order valence-electron chi connectivity index (χ0n) is 14.6. The molecule has 0 heterocycles. The summed E-state index contributed by atoms with van der Waals surface area (Å²) in [7, 11) is 1.62. The van der Waals surface area contributed by atoms with Gasteiger partial charge in [-0.15, -0.1) is 0 Å². The Kier molecular flexibility index (Phi) is 6.73. The van der Waals surface area contributed by atoms with Crippen molar-refractivity contribution < 1.29 is 9.47 Å². The van der Waals surface area contributed by atoms with E-state index in [1.807, 2.05) is 54.6 Å². The Labute approximate surface area is 173 Å². The Bertz CT molecular complexity index is 911. The van der Waals surface area contributed by atoms with Crippen LogP contribution >= 0.6 is 34.8 Å². The molecule has 0 unspecified atom stereocenters. The van der Waals surface area contributed by atoms with E-state index in [4.69, 9.17) is 44.3 Å². The number of nitrogens with one attached hydrogen (secondary N) is 1. The fraction of sp³-hybridized carbons (Fsp3) is 0.143. The fourth-order valence-electron chi connectivity index (χ4n) is 2.57. The minimum atomic E-state index is 0.370. The van der Waals surface area contributed by atoms with Crippen LogP contribution in [0.5, 0.6) is 11.5 Å². The Balaban J connectivity index is 1.67. The van der Waals surface area contributed by atoms with Gasteiger partial charge in [0.2, 0.25) is 0 Å². The SMILES string of the molecule is COc1cc(CNc2cc(Cl)cc(Cl)c2)ccc1OCc1ccccc1Cl. The largest absolute Gasteiger partial charge is 0.493 e. The lowest BCUT2D eigenvalue weighted by molar-refractivity contribution is 0.284. The van der Waals surface area contributed by atoms with Crippen LogP contribution in [0.15, 0.2) is 60.7 Å². The van der Waals surface area contributed by atoms with Gasteiger partial charge in [0.05, 0.1) is 7.11 Å². The third-order valence-electron chi connectivity index (χ3n) is 3.93. The van der Waals surface area contributed by atoms with Gasteiger partial charge in [-0.1, -0.05) is 59.1 Å². The van der Waals surface area contributed by atoms with Crippen LogP contribution in [-0.2, 0) is 13.2 Å². The fourth-order valence-corrected chi connectivity index (χ4v) is 3.29. The highest BCUT2D eigenvalue weighted by molar-refractivity contribution is 6.35. The molecule has 3 rings (SSSR count). The topological polar surface area (TPSA) is 30.5 Å². The first-order valence-corrected chi connectivity index (χ1v) is 9.41. The third kappa shape index (κ3) is 5.46. The molecule has 0 bridgehead atoms. The van der Waals surface area contributed by atoms with E-state index in [-0.39, 0.29) is 0 Å². The lowest BCUT2D eigenvalue weighted by Gasteiger charge is -2.14. The van der Waals surface area contributed by atoms with Crippen molar-refractivity contribution in [2.24, 2.45) is 0 Å². The summed E-state index contributed by atoms with van der Waals surface area (Å²) >= 11 is 18.2. The monoisotopic (exact) mass is 421 g/mol.